The lowest BCUT2D eigenvalue weighted by Gasteiger charge is -2.32. The summed E-state index contributed by atoms with van der Waals surface area (Å²) in [6.45, 7) is 0.417. The van der Waals surface area contributed by atoms with Gasteiger partial charge in [0.1, 0.15) is 5.82 Å². The lowest BCUT2D eigenvalue weighted by molar-refractivity contribution is -0.123. The summed E-state index contributed by atoms with van der Waals surface area (Å²) >= 11 is 0. The highest BCUT2D eigenvalue weighted by atomic mass is 19.1. The first-order valence-corrected chi connectivity index (χ1v) is 11.0. The van der Waals surface area contributed by atoms with E-state index in [1.54, 1.807) is 36.7 Å². The predicted octanol–water partition coefficient (Wildman–Crippen LogP) is 3.14. The Hall–Kier alpha value is -2.80. The van der Waals surface area contributed by atoms with Gasteiger partial charge in [-0.25, -0.2) is 4.39 Å². The van der Waals surface area contributed by atoms with Crippen LogP contribution in [0.5, 0.6) is 0 Å². The Balaban J connectivity index is 1.23. The molecule has 7 heteroatoms. The van der Waals surface area contributed by atoms with Crippen molar-refractivity contribution in [1.29, 1.82) is 0 Å². The molecule has 6 nitrogen and oxygen atoms in total. The highest BCUT2D eigenvalue weighted by Crippen LogP contribution is 2.48. The number of hydrogen-bond acceptors (Lipinski definition) is 4. The minimum absolute atomic E-state index is 0.0144. The summed E-state index contributed by atoms with van der Waals surface area (Å²) in [6, 6.07) is 9.61. The van der Waals surface area contributed by atoms with E-state index < -0.39 is 5.41 Å². The molecule has 164 valence electrons. The molecule has 2 aromatic rings. The summed E-state index contributed by atoms with van der Waals surface area (Å²) in [5.74, 6) is -0.0147. The SMILES string of the molecule is N[C@H](CNC(=O)C1(c2ccc(F)cc2)CC1)C1CCC(C(=O)Nc2ccncc2)CC1. The second-order valence-corrected chi connectivity index (χ2v) is 8.80. The average molecular weight is 425 g/mol. The van der Waals surface area contributed by atoms with E-state index in [4.69, 9.17) is 5.73 Å². The number of carbonyl (C=O) groups is 2. The Morgan fingerprint density at radius 2 is 1.71 bits per heavy atom. The monoisotopic (exact) mass is 424 g/mol. The highest BCUT2D eigenvalue weighted by Gasteiger charge is 2.51. The first kappa shape index (κ1) is 21.4. The average Bonchev–Trinajstić information content (AvgIpc) is 3.60. The lowest BCUT2D eigenvalue weighted by atomic mass is 9.78. The number of nitrogens with zero attached hydrogens (tertiary/aromatic N) is 1. The first-order chi connectivity index (χ1) is 15.0. The fourth-order valence-corrected chi connectivity index (χ4v) is 4.58. The van der Waals surface area contributed by atoms with Crippen LogP contribution in [0.3, 0.4) is 0 Å². The van der Waals surface area contributed by atoms with Gasteiger partial charge in [0.2, 0.25) is 11.8 Å². The van der Waals surface area contributed by atoms with Gasteiger partial charge in [0.25, 0.3) is 0 Å². The number of amides is 2. The zero-order chi connectivity index (χ0) is 21.8. The van der Waals surface area contributed by atoms with Crippen LogP contribution in [0, 0.1) is 17.7 Å². The van der Waals surface area contributed by atoms with Gasteiger partial charge < -0.3 is 16.4 Å². The maximum absolute atomic E-state index is 13.2. The predicted molar refractivity (Wildman–Crippen MR) is 117 cm³/mol. The zero-order valence-corrected chi connectivity index (χ0v) is 17.5. The molecule has 0 spiro atoms. The quantitative estimate of drug-likeness (QED) is 0.636. The van der Waals surface area contributed by atoms with Crippen molar-refractivity contribution in [2.45, 2.75) is 50.0 Å². The molecule has 4 N–H and O–H groups in total. The largest absolute Gasteiger partial charge is 0.354 e. The van der Waals surface area contributed by atoms with Crippen LogP contribution in [0.1, 0.15) is 44.1 Å². The smallest absolute Gasteiger partial charge is 0.230 e. The number of pyridine rings is 1. The molecule has 2 saturated carbocycles. The number of aromatic nitrogens is 1. The number of rotatable bonds is 7. The molecule has 2 fully saturated rings. The van der Waals surface area contributed by atoms with E-state index in [1.807, 2.05) is 0 Å². The molecule has 1 atom stereocenters. The number of hydrogen-bond donors (Lipinski definition) is 3. The topological polar surface area (TPSA) is 97.1 Å². The van der Waals surface area contributed by atoms with Crippen LogP contribution in [0.2, 0.25) is 0 Å². The molecule has 1 aromatic heterocycles. The number of anilines is 1. The van der Waals surface area contributed by atoms with Crippen molar-refractivity contribution < 1.29 is 14.0 Å². The van der Waals surface area contributed by atoms with Crippen molar-refractivity contribution in [2.75, 3.05) is 11.9 Å². The summed E-state index contributed by atoms with van der Waals surface area (Å²) in [4.78, 5) is 29.2. The third kappa shape index (κ3) is 4.93. The normalized spacial score (nSPS) is 22.9. The van der Waals surface area contributed by atoms with E-state index in [2.05, 4.69) is 15.6 Å². The van der Waals surface area contributed by atoms with Gasteiger partial charge in [-0.3, -0.25) is 14.6 Å². The minimum atomic E-state index is -0.532. The number of halogens is 1. The van der Waals surface area contributed by atoms with Crippen molar-refractivity contribution in [2.24, 2.45) is 17.6 Å². The summed E-state index contributed by atoms with van der Waals surface area (Å²) in [6.07, 6.45) is 8.19. The molecule has 0 bridgehead atoms. The fourth-order valence-electron chi connectivity index (χ4n) is 4.58. The van der Waals surface area contributed by atoms with E-state index in [0.717, 1.165) is 49.8 Å². The molecule has 0 saturated heterocycles. The van der Waals surface area contributed by atoms with E-state index in [1.165, 1.54) is 12.1 Å². The molecule has 1 heterocycles. The second kappa shape index (κ2) is 9.14. The van der Waals surface area contributed by atoms with E-state index in [-0.39, 0.29) is 35.5 Å². The molecule has 2 amide bonds. The zero-order valence-electron chi connectivity index (χ0n) is 17.5. The van der Waals surface area contributed by atoms with Gasteiger partial charge in [0.05, 0.1) is 5.41 Å². The Morgan fingerprint density at radius 1 is 1.06 bits per heavy atom. The van der Waals surface area contributed by atoms with Gasteiger partial charge >= 0.3 is 0 Å². The third-order valence-corrected chi connectivity index (χ3v) is 6.78. The van der Waals surface area contributed by atoms with Gasteiger partial charge in [-0.05, 0) is 74.3 Å². The third-order valence-electron chi connectivity index (χ3n) is 6.78. The van der Waals surface area contributed by atoms with Crippen molar-refractivity contribution in [3.8, 4) is 0 Å². The van der Waals surface area contributed by atoms with E-state index in [9.17, 15) is 14.0 Å². The van der Waals surface area contributed by atoms with Gasteiger partial charge in [0, 0.05) is 36.6 Å². The van der Waals surface area contributed by atoms with Crippen LogP contribution in [-0.2, 0) is 15.0 Å². The molecule has 0 radical (unpaired) electrons. The highest BCUT2D eigenvalue weighted by molar-refractivity contribution is 5.92. The number of benzene rings is 1. The van der Waals surface area contributed by atoms with Crippen LogP contribution in [0.15, 0.2) is 48.8 Å². The Kier molecular flexibility index (Phi) is 6.32. The Morgan fingerprint density at radius 3 is 2.32 bits per heavy atom. The molecular weight excluding hydrogens is 395 g/mol. The van der Waals surface area contributed by atoms with Crippen LogP contribution < -0.4 is 16.4 Å². The van der Waals surface area contributed by atoms with Gasteiger partial charge in [-0.1, -0.05) is 12.1 Å². The van der Waals surface area contributed by atoms with Gasteiger partial charge in [-0.15, -0.1) is 0 Å². The number of carbonyl (C=O) groups excluding carboxylic acids is 2. The van der Waals surface area contributed by atoms with Crippen LogP contribution in [-0.4, -0.2) is 29.4 Å². The standard InChI is InChI=1S/C24H29FN4O2/c25-19-7-5-18(6-8-19)24(11-12-24)23(31)28-15-21(26)16-1-3-17(4-2-16)22(30)29-20-9-13-27-14-10-20/h5-10,13-14,16-17,21H,1-4,11-12,15,26H2,(H,28,31)(H,27,29,30)/t16?,17?,21-/m1/s1. The molecule has 1 aromatic carbocycles. The molecule has 4 rings (SSSR count). The molecule has 2 aliphatic carbocycles. The summed E-state index contributed by atoms with van der Waals surface area (Å²) < 4.78 is 13.2. The first-order valence-electron chi connectivity index (χ1n) is 11.0. The van der Waals surface area contributed by atoms with Crippen molar-refractivity contribution >= 4 is 17.5 Å². The fraction of sp³-hybridized carbons (Fsp3) is 0.458. The van der Waals surface area contributed by atoms with Crippen LogP contribution in [0.25, 0.3) is 0 Å². The van der Waals surface area contributed by atoms with Crippen LogP contribution in [0.4, 0.5) is 10.1 Å². The minimum Gasteiger partial charge on any atom is -0.354 e. The molecule has 0 aliphatic heterocycles. The summed E-state index contributed by atoms with van der Waals surface area (Å²) in [7, 11) is 0. The number of nitrogens with two attached hydrogens (primary N) is 1. The Bertz CT molecular complexity index is 907. The van der Waals surface area contributed by atoms with E-state index >= 15 is 0 Å². The molecule has 31 heavy (non-hydrogen) atoms. The van der Waals surface area contributed by atoms with Crippen molar-refractivity contribution in [3.05, 3.63) is 60.2 Å². The second-order valence-electron chi connectivity index (χ2n) is 8.80. The van der Waals surface area contributed by atoms with E-state index in [0.29, 0.717) is 6.54 Å². The van der Waals surface area contributed by atoms with Gasteiger partial charge in [-0.2, -0.15) is 0 Å². The maximum atomic E-state index is 13.2. The number of nitrogens with one attached hydrogen (secondary N) is 2. The Labute approximate surface area is 181 Å². The summed E-state index contributed by atoms with van der Waals surface area (Å²) in [5, 5.41) is 5.97. The maximum Gasteiger partial charge on any atom is 0.230 e. The van der Waals surface area contributed by atoms with Crippen molar-refractivity contribution in [3.63, 3.8) is 0 Å². The lowest BCUT2D eigenvalue weighted by Crippen LogP contribution is -2.46. The molecule has 0 unspecified atom stereocenters. The van der Waals surface area contributed by atoms with Crippen molar-refractivity contribution in [1.82, 2.24) is 10.3 Å². The summed E-state index contributed by atoms with van der Waals surface area (Å²) in [5.41, 5.74) is 7.48. The molecular formula is C24H29FN4O2. The van der Waals surface area contributed by atoms with Crippen LogP contribution >= 0.6 is 0 Å². The van der Waals surface area contributed by atoms with Gasteiger partial charge in [0.15, 0.2) is 0 Å². The molecule has 2 aliphatic rings.